The Morgan fingerprint density at radius 2 is 2.36 bits per heavy atom. The molecular weight excluding hydrogens is 154 g/mol. The van der Waals surface area contributed by atoms with Gasteiger partial charge in [-0.3, -0.25) is 5.10 Å². The maximum Gasteiger partial charge on any atom is 0.307 e. The van der Waals surface area contributed by atoms with Gasteiger partial charge in [0.1, 0.15) is 6.33 Å². The Balaban J connectivity index is 2.73. The number of hydrogen-bond donors (Lipinski definition) is 2. The molecule has 0 atom stereocenters. The van der Waals surface area contributed by atoms with Gasteiger partial charge in [0.25, 0.3) is 0 Å². The molecule has 0 saturated carbocycles. The van der Waals surface area contributed by atoms with Gasteiger partial charge in [-0.25, -0.2) is 4.98 Å². The third-order valence-corrected chi connectivity index (χ3v) is 1.22. The highest BCUT2D eigenvalue weighted by atomic mass is 19.3. The van der Waals surface area contributed by atoms with E-state index >= 15 is 0 Å². The van der Waals surface area contributed by atoms with Crippen LogP contribution >= 0.6 is 0 Å². The molecule has 1 aromatic rings. The van der Waals surface area contributed by atoms with E-state index in [-0.39, 0.29) is 6.54 Å². The van der Waals surface area contributed by atoms with E-state index < -0.39 is 18.2 Å². The maximum absolute atomic E-state index is 12.8. The van der Waals surface area contributed by atoms with Crippen LogP contribution in [0.25, 0.3) is 0 Å². The normalized spacial score (nSPS) is 11.9. The molecular formula is C5H8F2N4. The molecule has 3 N–H and O–H groups in total. The summed E-state index contributed by atoms with van der Waals surface area (Å²) in [6.45, 7) is -0.0757. The number of aromatic amines is 1. The number of H-pyrrole nitrogens is 1. The van der Waals surface area contributed by atoms with Gasteiger partial charge in [-0.05, 0) is 6.54 Å². The molecule has 0 fully saturated rings. The highest BCUT2D eigenvalue weighted by Crippen LogP contribution is 2.27. The minimum Gasteiger partial charge on any atom is -0.330 e. The maximum atomic E-state index is 12.8. The lowest BCUT2D eigenvalue weighted by molar-refractivity contribution is -0.0195. The summed E-state index contributed by atoms with van der Waals surface area (Å²) in [7, 11) is 0. The van der Waals surface area contributed by atoms with Crippen LogP contribution in [0.2, 0.25) is 0 Å². The predicted molar refractivity (Wildman–Crippen MR) is 33.9 cm³/mol. The Hall–Kier alpha value is -1.04. The van der Waals surface area contributed by atoms with E-state index in [0.717, 1.165) is 6.33 Å². The zero-order chi connectivity index (χ0) is 8.32. The second-order valence-electron chi connectivity index (χ2n) is 2.08. The Bertz CT molecular complexity index is 208. The summed E-state index contributed by atoms with van der Waals surface area (Å²) in [6.07, 6.45) is 0.627. The van der Waals surface area contributed by atoms with Crippen molar-refractivity contribution in [1.29, 1.82) is 0 Å². The van der Waals surface area contributed by atoms with Gasteiger partial charge in [-0.1, -0.05) is 0 Å². The van der Waals surface area contributed by atoms with Gasteiger partial charge in [0.05, 0.1) is 0 Å². The first kappa shape index (κ1) is 8.06. The van der Waals surface area contributed by atoms with Gasteiger partial charge in [-0.15, -0.1) is 0 Å². The summed E-state index contributed by atoms with van der Waals surface area (Å²) in [4.78, 5) is 3.33. The molecule has 1 heterocycles. The van der Waals surface area contributed by atoms with E-state index in [1.54, 1.807) is 0 Å². The molecule has 0 bridgehead atoms. The molecule has 1 aromatic heterocycles. The number of nitrogens with zero attached hydrogens (tertiary/aromatic N) is 2. The van der Waals surface area contributed by atoms with Gasteiger partial charge < -0.3 is 5.73 Å². The predicted octanol–water partition coefficient (Wildman–Crippen LogP) is 0.245. The molecule has 4 nitrogen and oxygen atoms in total. The smallest absolute Gasteiger partial charge is 0.307 e. The van der Waals surface area contributed by atoms with Crippen LogP contribution in [0.3, 0.4) is 0 Å². The van der Waals surface area contributed by atoms with Gasteiger partial charge in [0.2, 0.25) is 0 Å². The van der Waals surface area contributed by atoms with E-state index in [1.807, 2.05) is 0 Å². The number of hydrogen-bond acceptors (Lipinski definition) is 3. The summed E-state index contributed by atoms with van der Waals surface area (Å²) in [5.74, 6) is -3.41. The topological polar surface area (TPSA) is 67.6 Å². The molecule has 0 aliphatic heterocycles. The minimum atomic E-state index is -2.98. The van der Waals surface area contributed by atoms with Gasteiger partial charge in [-0.2, -0.15) is 13.9 Å². The van der Waals surface area contributed by atoms with Crippen molar-refractivity contribution in [2.24, 2.45) is 5.73 Å². The number of nitrogens with two attached hydrogens (primary N) is 1. The van der Waals surface area contributed by atoms with Crippen molar-refractivity contribution in [3.63, 3.8) is 0 Å². The van der Waals surface area contributed by atoms with Crippen molar-refractivity contribution in [2.45, 2.75) is 12.3 Å². The van der Waals surface area contributed by atoms with Gasteiger partial charge in [0, 0.05) is 6.42 Å². The van der Waals surface area contributed by atoms with E-state index in [2.05, 4.69) is 15.2 Å². The number of halogens is 2. The fourth-order valence-electron chi connectivity index (χ4n) is 0.681. The van der Waals surface area contributed by atoms with Crippen molar-refractivity contribution in [1.82, 2.24) is 15.2 Å². The summed E-state index contributed by atoms with van der Waals surface area (Å²) < 4.78 is 25.6. The van der Waals surface area contributed by atoms with Gasteiger partial charge >= 0.3 is 5.92 Å². The van der Waals surface area contributed by atoms with Crippen LogP contribution in [0, 0.1) is 0 Å². The van der Waals surface area contributed by atoms with E-state index in [1.165, 1.54) is 0 Å². The number of nitrogens with one attached hydrogen (secondary N) is 1. The standard InChI is InChI=1S/C5H8F2N4/c6-5(7,1-2-8)4-9-3-10-11-4/h3H,1-2,8H2,(H,9,10,11). The second kappa shape index (κ2) is 2.91. The zero-order valence-corrected chi connectivity index (χ0v) is 5.72. The van der Waals surface area contributed by atoms with Crippen molar-refractivity contribution in [2.75, 3.05) is 6.54 Å². The zero-order valence-electron chi connectivity index (χ0n) is 5.72. The fourth-order valence-corrected chi connectivity index (χ4v) is 0.681. The third kappa shape index (κ3) is 1.70. The van der Waals surface area contributed by atoms with E-state index in [4.69, 9.17) is 5.73 Å². The van der Waals surface area contributed by atoms with Gasteiger partial charge in [0.15, 0.2) is 5.82 Å². The van der Waals surface area contributed by atoms with E-state index in [0.29, 0.717) is 0 Å². The first-order valence-corrected chi connectivity index (χ1v) is 3.10. The molecule has 62 valence electrons. The number of alkyl halides is 2. The molecule has 0 unspecified atom stereocenters. The molecule has 0 aliphatic rings. The van der Waals surface area contributed by atoms with Crippen molar-refractivity contribution in [3.8, 4) is 0 Å². The van der Waals surface area contributed by atoms with Crippen molar-refractivity contribution in [3.05, 3.63) is 12.2 Å². The third-order valence-electron chi connectivity index (χ3n) is 1.22. The summed E-state index contributed by atoms with van der Waals surface area (Å²) in [5, 5.41) is 5.41. The van der Waals surface area contributed by atoms with Crippen LogP contribution in [0.5, 0.6) is 0 Å². The lowest BCUT2D eigenvalue weighted by Crippen LogP contribution is -2.20. The SMILES string of the molecule is NCCC(F)(F)c1ncn[nH]1. The first-order valence-electron chi connectivity index (χ1n) is 3.10. The quantitative estimate of drug-likeness (QED) is 0.669. The summed E-state index contributed by atoms with van der Waals surface area (Å²) >= 11 is 0. The number of aromatic nitrogens is 3. The van der Waals surface area contributed by atoms with Crippen molar-refractivity contribution >= 4 is 0 Å². The molecule has 0 amide bonds. The molecule has 0 aliphatic carbocycles. The molecule has 0 radical (unpaired) electrons. The number of rotatable bonds is 3. The Morgan fingerprint density at radius 3 is 2.82 bits per heavy atom. The average molecular weight is 162 g/mol. The van der Waals surface area contributed by atoms with E-state index in [9.17, 15) is 8.78 Å². The van der Waals surface area contributed by atoms with Crippen LogP contribution in [-0.2, 0) is 5.92 Å². The summed E-state index contributed by atoms with van der Waals surface area (Å²) in [5.41, 5.74) is 4.98. The van der Waals surface area contributed by atoms with Crippen molar-refractivity contribution < 1.29 is 8.78 Å². The lowest BCUT2D eigenvalue weighted by atomic mass is 10.2. The molecule has 6 heteroatoms. The second-order valence-corrected chi connectivity index (χ2v) is 2.08. The molecule has 0 aromatic carbocycles. The molecule has 1 rings (SSSR count). The minimum absolute atomic E-state index is 0.0757. The Morgan fingerprint density at radius 1 is 1.64 bits per heavy atom. The highest BCUT2D eigenvalue weighted by Gasteiger charge is 2.33. The largest absolute Gasteiger partial charge is 0.330 e. The van der Waals surface area contributed by atoms with Crippen LogP contribution in [0.4, 0.5) is 8.78 Å². The van der Waals surface area contributed by atoms with Crippen LogP contribution in [-0.4, -0.2) is 21.7 Å². The lowest BCUT2D eigenvalue weighted by Gasteiger charge is -2.10. The molecule has 11 heavy (non-hydrogen) atoms. The first-order chi connectivity index (χ1) is 5.17. The highest BCUT2D eigenvalue weighted by molar-refractivity contribution is 4.92. The monoisotopic (exact) mass is 162 g/mol. The van der Waals surface area contributed by atoms with Crippen LogP contribution in [0.1, 0.15) is 12.2 Å². The van der Waals surface area contributed by atoms with Crippen LogP contribution < -0.4 is 5.73 Å². The summed E-state index contributed by atoms with van der Waals surface area (Å²) in [6, 6.07) is 0. The Labute approximate surface area is 61.8 Å². The fraction of sp³-hybridized carbons (Fsp3) is 0.600. The van der Waals surface area contributed by atoms with Crippen LogP contribution in [0.15, 0.2) is 6.33 Å². The Kier molecular flexibility index (Phi) is 2.13. The molecule has 0 saturated heterocycles. The molecule has 0 spiro atoms. The average Bonchev–Trinajstić information content (AvgIpc) is 2.37.